The van der Waals surface area contributed by atoms with E-state index in [1.165, 1.54) is 12.1 Å². The van der Waals surface area contributed by atoms with Gasteiger partial charge >= 0.3 is 7.60 Å². The number of benzene rings is 2. The third kappa shape index (κ3) is 2.54. The van der Waals surface area contributed by atoms with Gasteiger partial charge in [-0.25, -0.2) is 0 Å². The van der Waals surface area contributed by atoms with Gasteiger partial charge in [-0.3, -0.25) is 9.36 Å². The van der Waals surface area contributed by atoms with Gasteiger partial charge in [-0.05, 0) is 22.9 Å². The molecule has 6 heteroatoms. The van der Waals surface area contributed by atoms with E-state index in [2.05, 4.69) is 4.98 Å². The van der Waals surface area contributed by atoms with E-state index in [-0.39, 0.29) is 0 Å². The zero-order valence-electron chi connectivity index (χ0n) is 10.9. The van der Waals surface area contributed by atoms with Gasteiger partial charge in [0.2, 0.25) is 0 Å². The van der Waals surface area contributed by atoms with Crippen molar-refractivity contribution in [2.75, 3.05) is 0 Å². The lowest BCUT2D eigenvalue weighted by Crippen LogP contribution is -2.27. The first-order chi connectivity index (χ1) is 9.97. The van der Waals surface area contributed by atoms with Gasteiger partial charge in [0.05, 0.1) is 0 Å². The Balaban J connectivity index is 2.23. The summed E-state index contributed by atoms with van der Waals surface area (Å²) in [7, 11) is -4.56. The standard InChI is InChI=1S/C15H12NO4P/c17-15-14(21(18,19)20)9-8-13(16-15)12-7-3-5-10-4-1-2-6-11(10)12/h1-9H,(H,16,17)(H2,18,19,20). The smallest absolute Gasteiger partial charge is 0.321 e. The van der Waals surface area contributed by atoms with E-state index in [1.54, 1.807) is 0 Å². The van der Waals surface area contributed by atoms with Gasteiger partial charge in [-0.15, -0.1) is 0 Å². The number of hydrogen-bond donors (Lipinski definition) is 3. The van der Waals surface area contributed by atoms with Crippen LogP contribution < -0.4 is 10.9 Å². The third-order valence-corrected chi connectivity index (χ3v) is 4.26. The molecule has 1 heterocycles. The molecule has 0 unspecified atom stereocenters. The molecule has 0 amide bonds. The van der Waals surface area contributed by atoms with Crippen LogP contribution in [0.25, 0.3) is 22.0 Å². The molecule has 1 aromatic heterocycles. The van der Waals surface area contributed by atoms with Crippen LogP contribution in [0.2, 0.25) is 0 Å². The minimum atomic E-state index is -4.56. The lowest BCUT2D eigenvalue weighted by atomic mass is 10.0. The lowest BCUT2D eigenvalue weighted by molar-refractivity contribution is 0.387. The van der Waals surface area contributed by atoms with E-state index in [1.807, 2.05) is 42.5 Å². The van der Waals surface area contributed by atoms with Crippen LogP contribution in [0, 0.1) is 0 Å². The van der Waals surface area contributed by atoms with Gasteiger partial charge < -0.3 is 14.8 Å². The topological polar surface area (TPSA) is 90.4 Å². The van der Waals surface area contributed by atoms with Crippen LogP contribution >= 0.6 is 7.60 Å². The summed E-state index contributed by atoms with van der Waals surface area (Å²) in [6, 6.07) is 16.1. The SMILES string of the molecule is O=c1[nH]c(-c2cccc3ccccc23)ccc1P(=O)(O)O. The van der Waals surface area contributed by atoms with Crippen LogP contribution in [-0.2, 0) is 4.57 Å². The summed E-state index contributed by atoms with van der Waals surface area (Å²) >= 11 is 0. The quantitative estimate of drug-likeness (QED) is 0.631. The van der Waals surface area contributed by atoms with E-state index in [4.69, 9.17) is 9.79 Å². The van der Waals surface area contributed by atoms with Gasteiger partial charge in [0.15, 0.2) is 0 Å². The van der Waals surface area contributed by atoms with Crippen molar-refractivity contribution in [1.82, 2.24) is 4.98 Å². The van der Waals surface area contributed by atoms with Crippen molar-refractivity contribution < 1.29 is 14.4 Å². The summed E-state index contributed by atoms with van der Waals surface area (Å²) in [5, 5.41) is 1.46. The van der Waals surface area contributed by atoms with Crippen molar-refractivity contribution in [3.05, 3.63) is 65.0 Å². The zero-order chi connectivity index (χ0) is 15.0. The molecule has 5 nitrogen and oxygen atoms in total. The van der Waals surface area contributed by atoms with Crippen molar-refractivity contribution in [2.24, 2.45) is 0 Å². The van der Waals surface area contributed by atoms with Gasteiger partial charge in [-0.1, -0.05) is 42.5 Å². The number of H-pyrrole nitrogens is 1. The minimum absolute atomic E-state index is 0.522. The molecule has 0 fully saturated rings. The van der Waals surface area contributed by atoms with Crippen LogP contribution in [0.1, 0.15) is 0 Å². The number of pyridine rings is 1. The van der Waals surface area contributed by atoms with E-state index >= 15 is 0 Å². The molecule has 2 aromatic carbocycles. The van der Waals surface area contributed by atoms with Gasteiger partial charge in [0.1, 0.15) is 5.30 Å². The molecule has 0 atom stereocenters. The van der Waals surface area contributed by atoms with Crippen molar-refractivity contribution in [2.45, 2.75) is 0 Å². The molecule has 106 valence electrons. The average Bonchev–Trinajstić information content (AvgIpc) is 2.45. The molecule has 0 aliphatic heterocycles. The summed E-state index contributed by atoms with van der Waals surface area (Å²) in [4.78, 5) is 32.6. The van der Waals surface area contributed by atoms with Crippen molar-refractivity contribution in [3.63, 3.8) is 0 Å². The van der Waals surface area contributed by atoms with Crippen LogP contribution in [-0.4, -0.2) is 14.8 Å². The number of hydrogen-bond acceptors (Lipinski definition) is 2. The summed E-state index contributed by atoms with van der Waals surface area (Å²) in [6.45, 7) is 0. The van der Waals surface area contributed by atoms with Crippen LogP contribution in [0.5, 0.6) is 0 Å². The molecule has 3 aromatic rings. The predicted molar refractivity (Wildman–Crippen MR) is 81.7 cm³/mol. The summed E-state index contributed by atoms with van der Waals surface area (Å²) < 4.78 is 11.2. The predicted octanol–water partition coefficient (Wildman–Crippen LogP) is 2.00. The molecule has 0 saturated carbocycles. The third-order valence-electron chi connectivity index (χ3n) is 3.28. The molecule has 0 aliphatic rings. The summed E-state index contributed by atoms with van der Waals surface area (Å²) in [5.41, 5.74) is 0.560. The number of aromatic nitrogens is 1. The molecule has 0 bridgehead atoms. The normalized spacial score (nSPS) is 11.7. The van der Waals surface area contributed by atoms with E-state index in [0.717, 1.165) is 16.3 Å². The fourth-order valence-corrected chi connectivity index (χ4v) is 2.90. The molecule has 3 N–H and O–H groups in total. The lowest BCUT2D eigenvalue weighted by Gasteiger charge is -2.08. The summed E-state index contributed by atoms with van der Waals surface area (Å²) in [6.07, 6.45) is 0. The fourth-order valence-electron chi connectivity index (χ4n) is 2.31. The maximum atomic E-state index is 11.8. The molecule has 0 radical (unpaired) electrons. The maximum Gasteiger partial charge on any atom is 0.361 e. The second-order valence-electron chi connectivity index (χ2n) is 4.66. The summed E-state index contributed by atoms with van der Waals surface area (Å²) in [5.74, 6) is 0. The van der Waals surface area contributed by atoms with Crippen LogP contribution in [0.3, 0.4) is 0 Å². The largest absolute Gasteiger partial charge is 0.361 e. The highest BCUT2D eigenvalue weighted by molar-refractivity contribution is 7.60. The van der Waals surface area contributed by atoms with E-state index in [0.29, 0.717) is 5.69 Å². The number of rotatable bonds is 2. The number of aromatic amines is 1. The Morgan fingerprint density at radius 1 is 0.905 bits per heavy atom. The van der Waals surface area contributed by atoms with Crippen LogP contribution in [0.4, 0.5) is 0 Å². The average molecular weight is 301 g/mol. The van der Waals surface area contributed by atoms with Crippen molar-refractivity contribution in [1.29, 1.82) is 0 Å². The Labute approximate surface area is 120 Å². The zero-order valence-corrected chi connectivity index (χ0v) is 11.7. The highest BCUT2D eigenvalue weighted by Crippen LogP contribution is 2.32. The molecule has 0 aliphatic carbocycles. The second kappa shape index (κ2) is 4.97. The molecular formula is C15H12NO4P. The molecule has 0 saturated heterocycles. The number of fused-ring (bicyclic) bond motifs is 1. The Morgan fingerprint density at radius 3 is 2.33 bits per heavy atom. The Kier molecular flexibility index (Phi) is 3.26. The Hall–Kier alpha value is -2.20. The minimum Gasteiger partial charge on any atom is -0.321 e. The molecule has 0 spiro atoms. The first kappa shape index (κ1) is 13.8. The van der Waals surface area contributed by atoms with Gasteiger partial charge in [-0.2, -0.15) is 0 Å². The van der Waals surface area contributed by atoms with Gasteiger partial charge in [0, 0.05) is 11.3 Å². The molecule has 3 rings (SSSR count). The van der Waals surface area contributed by atoms with Crippen molar-refractivity contribution >= 4 is 23.7 Å². The first-order valence-corrected chi connectivity index (χ1v) is 7.85. The monoisotopic (exact) mass is 301 g/mol. The first-order valence-electron chi connectivity index (χ1n) is 6.24. The molecular weight excluding hydrogens is 289 g/mol. The van der Waals surface area contributed by atoms with Crippen LogP contribution in [0.15, 0.2) is 59.4 Å². The maximum absolute atomic E-state index is 11.8. The molecule has 21 heavy (non-hydrogen) atoms. The van der Waals surface area contributed by atoms with E-state index < -0.39 is 18.5 Å². The van der Waals surface area contributed by atoms with Crippen molar-refractivity contribution in [3.8, 4) is 11.3 Å². The second-order valence-corrected chi connectivity index (χ2v) is 6.23. The van der Waals surface area contributed by atoms with Gasteiger partial charge in [0.25, 0.3) is 5.56 Å². The highest BCUT2D eigenvalue weighted by Gasteiger charge is 2.21. The fraction of sp³-hybridized carbons (Fsp3) is 0. The number of nitrogens with one attached hydrogen (secondary N) is 1. The highest BCUT2D eigenvalue weighted by atomic mass is 31.2. The Bertz CT molecular complexity index is 921. The van der Waals surface area contributed by atoms with E-state index in [9.17, 15) is 9.36 Å². The Morgan fingerprint density at radius 2 is 1.62 bits per heavy atom.